The molecule has 4 rings (SSSR count). The number of hydrogen-bond acceptors (Lipinski definition) is 6. The van der Waals surface area contributed by atoms with Crippen LogP contribution in [0.25, 0.3) is 21.2 Å². The molecule has 0 aliphatic heterocycles. The Morgan fingerprint density at radius 3 is 2.66 bits per heavy atom. The number of pyridine rings is 2. The number of benzene rings is 1. The van der Waals surface area contributed by atoms with Gasteiger partial charge in [0.05, 0.1) is 23.2 Å². The van der Waals surface area contributed by atoms with Gasteiger partial charge in [0.2, 0.25) is 0 Å². The van der Waals surface area contributed by atoms with Gasteiger partial charge in [-0.2, -0.15) is 13.2 Å². The summed E-state index contributed by atoms with van der Waals surface area (Å²) in [5.41, 5.74) is 8.03. The highest BCUT2D eigenvalue weighted by Gasteiger charge is 2.32. The van der Waals surface area contributed by atoms with Gasteiger partial charge in [-0.05, 0) is 47.6 Å². The average Bonchev–Trinajstić information content (AvgIpc) is 3.21. The summed E-state index contributed by atoms with van der Waals surface area (Å²) < 4.78 is 43.4. The summed E-state index contributed by atoms with van der Waals surface area (Å²) in [6, 6.07) is 10.2. The lowest BCUT2D eigenvalue weighted by Gasteiger charge is -2.09. The zero-order chi connectivity index (χ0) is 22.7. The summed E-state index contributed by atoms with van der Waals surface area (Å²) in [5.74, 6) is 0. The number of aryl methyl sites for hydroxylation is 1. The van der Waals surface area contributed by atoms with Gasteiger partial charge in [0.1, 0.15) is 10.7 Å². The fourth-order valence-electron chi connectivity index (χ4n) is 3.40. The zero-order valence-electron chi connectivity index (χ0n) is 17.3. The smallest absolute Gasteiger partial charge is 0.378 e. The molecule has 1 atom stereocenters. The van der Waals surface area contributed by atoms with Crippen molar-refractivity contribution in [3.05, 3.63) is 76.9 Å². The van der Waals surface area contributed by atoms with Crippen molar-refractivity contribution in [3.8, 4) is 10.4 Å². The van der Waals surface area contributed by atoms with Crippen LogP contribution in [0.5, 0.6) is 0 Å². The van der Waals surface area contributed by atoms with Gasteiger partial charge in [-0.3, -0.25) is 9.97 Å². The van der Waals surface area contributed by atoms with E-state index in [4.69, 9.17) is 15.5 Å². The van der Waals surface area contributed by atoms with Crippen LogP contribution in [0, 0.1) is 0 Å². The minimum atomic E-state index is -4.44. The number of alkyl halides is 3. The molecule has 0 bridgehead atoms. The van der Waals surface area contributed by atoms with Crippen LogP contribution in [-0.4, -0.2) is 22.1 Å². The van der Waals surface area contributed by atoms with Crippen molar-refractivity contribution in [1.82, 2.24) is 15.0 Å². The van der Waals surface area contributed by atoms with E-state index in [2.05, 4.69) is 16.0 Å². The second kappa shape index (κ2) is 9.32. The second-order valence-electron chi connectivity index (χ2n) is 7.39. The Kier molecular flexibility index (Phi) is 6.50. The molecule has 0 amide bonds. The third-order valence-electron chi connectivity index (χ3n) is 5.07. The van der Waals surface area contributed by atoms with Crippen LogP contribution >= 0.6 is 11.3 Å². The van der Waals surface area contributed by atoms with Crippen LogP contribution < -0.4 is 5.73 Å². The van der Waals surface area contributed by atoms with Crippen LogP contribution in [-0.2, 0) is 23.9 Å². The molecule has 3 heterocycles. The van der Waals surface area contributed by atoms with E-state index in [1.54, 1.807) is 13.3 Å². The van der Waals surface area contributed by atoms with Crippen molar-refractivity contribution >= 4 is 22.1 Å². The standard InChI is InChI=1S/C23H21F3N4OS/c1-31-13-19-21(16-4-5-17-12-28-9-8-15(17)10-16)32-22(30-19)18(27)6-2-14-3-7-20(29-11-14)23(24,25)26/h3-5,7-12,18H,2,6,13,27H2,1H3/t18-/m0/s1. The Labute approximate surface area is 187 Å². The SMILES string of the molecule is COCc1nc([C@@H](N)CCc2ccc(C(F)(F)F)nc2)sc1-c1ccc2cnccc2c1. The number of nitrogens with two attached hydrogens (primary N) is 1. The summed E-state index contributed by atoms with van der Waals surface area (Å²) in [6.45, 7) is 0.357. The summed E-state index contributed by atoms with van der Waals surface area (Å²) in [7, 11) is 1.62. The maximum Gasteiger partial charge on any atom is 0.433 e. The first-order chi connectivity index (χ1) is 15.3. The molecule has 166 valence electrons. The Morgan fingerprint density at radius 1 is 1.09 bits per heavy atom. The summed E-state index contributed by atoms with van der Waals surface area (Å²) in [5, 5.41) is 2.90. The van der Waals surface area contributed by atoms with Gasteiger partial charge in [-0.25, -0.2) is 4.98 Å². The molecule has 0 aliphatic carbocycles. The molecule has 4 aromatic rings. The number of nitrogens with zero attached hydrogens (tertiary/aromatic N) is 3. The zero-order valence-corrected chi connectivity index (χ0v) is 18.1. The predicted octanol–water partition coefficient (Wildman–Crippen LogP) is 5.55. The fraction of sp³-hybridized carbons (Fsp3) is 0.261. The maximum absolute atomic E-state index is 12.7. The Balaban J connectivity index is 1.53. The molecule has 0 aliphatic rings. The summed E-state index contributed by atoms with van der Waals surface area (Å²) >= 11 is 1.51. The first-order valence-corrected chi connectivity index (χ1v) is 10.8. The highest BCUT2D eigenvalue weighted by Crippen LogP contribution is 2.35. The van der Waals surface area contributed by atoms with Gasteiger partial charge in [0.15, 0.2) is 0 Å². The third-order valence-corrected chi connectivity index (χ3v) is 6.35. The predicted molar refractivity (Wildman–Crippen MR) is 118 cm³/mol. The first kappa shape index (κ1) is 22.3. The van der Waals surface area contributed by atoms with Crippen molar-refractivity contribution in [3.63, 3.8) is 0 Å². The van der Waals surface area contributed by atoms with Crippen LogP contribution in [0.2, 0.25) is 0 Å². The molecule has 0 saturated carbocycles. The molecular formula is C23H21F3N4OS. The Hall–Kier alpha value is -2.88. The van der Waals surface area contributed by atoms with E-state index in [0.29, 0.717) is 25.0 Å². The van der Waals surface area contributed by atoms with E-state index >= 15 is 0 Å². The summed E-state index contributed by atoms with van der Waals surface area (Å²) in [6.07, 6.45) is 1.43. The minimum Gasteiger partial charge on any atom is -0.378 e. The molecule has 0 saturated heterocycles. The fourth-order valence-corrected chi connectivity index (χ4v) is 4.50. The number of fused-ring (bicyclic) bond motifs is 1. The number of hydrogen-bond donors (Lipinski definition) is 1. The monoisotopic (exact) mass is 458 g/mol. The van der Waals surface area contributed by atoms with Crippen molar-refractivity contribution in [2.75, 3.05) is 7.11 Å². The van der Waals surface area contributed by atoms with E-state index in [1.807, 2.05) is 24.4 Å². The normalized spacial score (nSPS) is 12.9. The number of halogens is 3. The highest BCUT2D eigenvalue weighted by atomic mass is 32.1. The van der Waals surface area contributed by atoms with Crippen LogP contribution in [0.1, 0.15) is 34.4 Å². The van der Waals surface area contributed by atoms with Crippen LogP contribution in [0.15, 0.2) is 55.0 Å². The Bertz CT molecular complexity index is 1210. The maximum atomic E-state index is 12.7. The second-order valence-corrected chi connectivity index (χ2v) is 8.42. The third kappa shape index (κ3) is 4.95. The summed E-state index contributed by atoms with van der Waals surface area (Å²) in [4.78, 5) is 13.4. The molecule has 0 radical (unpaired) electrons. The Morgan fingerprint density at radius 2 is 1.94 bits per heavy atom. The van der Waals surface area contributed by atoms with Crippen molar-refractivity contribution in [2.24, 2.45) is 5.73 Å². The highest BCUT2D eigenvalue weighted by molar-refractivity contribution is 7.15. The van der Waals surface area contributed by atoms with E-state index in [0.717, 1.165) is 38.0 Å². The lowest BCUT2D eigenvalue weighted by atomic mass is 10.1. The van der Waals surface area contributed by atoms with Gasteiger partial charge < -0.3 is 10.5 Å². The van der Waals surface area contributed by atoms with E-state index < -0.39 is 11.9 Å². The van der Waals surface area contributed by atoms with Crippen molar-refractivity contribution in [1.29, 1.82) is 0 Å². The first-order valence-electron chi connectivity index (χ1n) is 9.95. The van der Waals surface area contributed by atoms with Crippen molar-refractivity contribution < 1.29 is 17.9 Å². The number of ether oxygens (including phenoxy) is 1. The number of thiazole rings is 1. The van der Waals surface area contributed by atoms with Gasteiger partial charge in [0, 0.05) is 31.1 Å². The molecule has 9 heteroatoms. The quantitative estimate of drug-likeness (QED) is 0.393. The number of methoxy groups -OCH3 is 1. The van der Waals surface area contributed by atoms with Gasteiger partial charge >= 0.3 is 6.18 Å². The molecule has 1 aromatic carbocycles. The molecule has 2 N–H and O–H groups in total. The molecule has 0 unspecified atom stereocenters. The van der Waals surface area contributed by atoms with Crippen LogP contribution in [0.4, 0.5) is 13.2 Å². The minimum absolute atomic E-state index is 0.351. The largest absolute Gasteiger partial charge is 0.433 e. The van der Waals surface area contributed by atoms with Gasteiger partial charge in [-0.1, -0.05) is 18.2 Å². The van der Waals surface area contributed by atoms with Crippen LogP contribution in [0.3, 0.4) is 0 Å². The topological polar surface area (TPSA) is 73.9 Å². The van der Waals surface area contributed by atoms with Gasteiger partial charge in [-0.15, -0.1) is 11.3 Å². The van der Waals surface area contributed by atoms with Gasteiger partial charge in [0.25, 0.3) is 0 Å². The molecular weight excluding hydrogens is 437 g/mol. The van der Waals surface area contributed by atoms with Crippen molar-refractivity contribution in [2.45, 2.75) is 31.7 Å². The molecule has 0 spiro atoms. The van der Waals surface area contributed by atoms with E-state index in [1.165, 1.54) is 23.6 Å². The number of rotatable bonds is 7. The number of aromatic nitrogens is 3. The molecule has 5 nitrogen and oxygen atoms in total. The van der Waals surface area contributed by atoms with E-state index in [-0.39, 0.29) is 6.04 Å². The lowest BCUT2D eigenvalue weighted by molar-refractivity contribution is -0.141. The molecule has 0 fully saturated rings. The average molecular weight is 459 g/mol. The molecule has 3 aromatic heterocycles. The molecule has 32 heavy (non-hydrogen) atoms. The van der Waals surface area contributed by atoms with E-state index in [9.17, 15) is 13.2 Å². The lowest BCUT2D eigenvalue weighted by Crippen LogP contribution is -2.12.